The molecule has 4 rings (SSSR count). The fourth-order valence-corrected chi connectivity index (χ4v) is 3.44. The van der Waals surface area contributed by atoms with E-state index < -0.39 is 0 Å². The van der Waals surface area contributed by atoms with Crippen molar-refractivity contribution in [1.29, 1.82) is 0 Å². The number of hydrogen-bond acceptors (Lipinski definition) is 4. The van der Waals surface area contributed by atoms with Crippen LogP contribution in [0.4, 0.5) is 4.39 Å². The number of hydrogen-bond donors (Lipinski definition) is 1. The van der Waals surface area contributed by atoms with Gasteiger partial charge in [-0.15, -0.1) is 0 Å². The Bertz CT molecular complexity index is 770. The van der Waals surface area contributed by atoms with Gasteiger partial charge in [-0.25, -0.2) is 4.39 Å². The van der Waals surface area contributed by atoms with Crippen molar-refractivity contribution in [3.8, 4) is 5.75 Å². The van der Waals surface area contributed by atoms with Crippen molar-refractivity contribution >= 4 is 5.91 Å². The lowest BCUT2D eigenvalue weighted by Gasteiger charge is -2.24. The van der Waals surface area contributed by atoms with E-state index >= 15 is 0 Å². The lowest BCUT2D eigenvalue weighted by atomic mass is 9.93. The third-order valence-electron chi connectivity index (χ3n) is 4.49. The van der Waals surface area contributed by atoms with Crippen molar-refractivity contribution in [2.24, 2.45) is 0 Å². The van der Waals surface area contributed by atoms with Crippen molar-refractivity contribution in [2.75, 3.05) is 6.79 Å². The summed E-state index contributed by atoms with van der Waals surface area (Å²) in [6.45, 7) is 0.414. The summed E-state index contributed by atoms with van der Waals surface area (Å²) >= 11 is 0. The molecule has 1 amide bonds. The van der Waals surface area contributed by atoms with Gasteiger partial charge in [0.15, 0.2) is 6.79 Å². The standard InChI is InChI=1S/C18H18FNO4/c19-13-6-11(18-12(7-13)9-22-10-24-18)8-17(21)20-15-2-1-3-16-14(15)4-5-23-16/h4-7,15H,1-3,8-10H2,(H,20,21). The molecule has 126 valence electrons. The van der Waals surface area contributed by atoms with E-state index in [1.165, 1.54) is 12.1 Å². The van der Waals surface area contributed by atoms with Crippen molar-refractivity contribution in [1.82, 2.24) is 5.32 Å². The Morgan fingerprint density at radius 1 is 1.38 bits per heavy atom. The zero-order chi connectivity index (χ0) is 16.5. The molecule has 0 saturated heterocycles. The number of nitrogens with one attached hydrogen (secondary N) is 1. The molecule has 24 heavy (non-hydrogen) atoms. The van der Waals surface area contributed by atoms with Gasteiger partial charge in [0.1, 0.15) is 17.3 Å². The Hall–Kier alpha value is -2.34. The van der Waals surface area contributed by atoms with Gasteiger partial charge in [0.2, 0.25) is 5.91 Å². The maximum atomic E-state index is 13.8. The first kappa shape index (κ1) is 15.2. The minimum absolute atomic E-state index is 0.0476. The van der Waals surface area contributed by atoms with E-state index in [1.54, 1.807) is 6.26 Å². The van der Waals surface area contributed by atoms with Crippen LogP contribution in [-0.4, -0.2) is 12.7 Å². The van der Waals surface area contributed by atoms with Crippen LogP contribution in [0.25, 0.3) is 0 Å². The van der Waals surface area contributed by atoms with E-state index in [2.05, 4.69) is 5.32 Å². The lowest BCUT2D eigenvalue weighted by molar-refractivity contribution is -0.121. The second kappa shape index (κ2) is 6.28. The Labute approximate surface area is 138 Å². The number of aryl methyl sites for hydroxylation is 1. The van der Waals surface area contributed by atoms with Crippen molar-refractivity contribution in [3.05, 3.63) is 52.7 Å². The van der Waals surface area contributed by atoms with E-state index in [9.17, 15) is 9.18 Å². The second-order valence-corrected chi connectivity index (χ2v) is 6.15. The molecule has 2 aliphatic rings. The summed E-state index contributed by atoms with van der Waals surface area (Å²) in [6.07, 6.45) is 4.49. The first-order chi connectivity index (χ1) is 11.7. The fourth-order valence-electron chi connectivity index (χ4n) is 3.44. The number of amides is 1. The molecule has 1 atom stereocenters. The predicted molar refractivity (Wildman–Crippen MR) is 82.9 cm³/mol. The van der Waals surface area contributed by atoms with Gasteiger partial charge in [-0.1, -0.05) is 0 Å². The number of halogens is 1. The number of carbonyl (C=O) groups is 1. The van der Waals surface area contributed by atoms with Crippen LogP contribution in [0.5, 0.6) is 5.75 Å². The number of ether oxygens (including phenoxy) is 2. The highest BCUT2D eigenvalue weighted by Gasteiger charge is 2.25. The number of rotatable bonds is 3. The number of carbonyl (C=O) groups excluding carboxylic acids is 1. The van der Waals surface area contributed by atoms with E-state index in [1.807, 2.05) is 6.07 Å². The van der Waals surface area contributed by atoms with Gasteiger partial charge in [-0.2, -0.15) is 0 Å². The molecular weight excluding hydrogens is 313 g/mol. The van der Waals surface area contributed by atoms with Gasteiger partial charge in [0.25, 0.3) is 0 Å². The zero-order valence-corrected chi connectivity index (χ0v) is 13.1. The van der Waals surface area contributed by atoms with Gasteiger partial charge < -0.3 is 19.2 Å². The first-order valence-corrected chi connectivity index (χ1v) is 8.08. The largest absolute Gasteiger partial charge is 0.469 e. The van der Waals surface area contributed by atoms with Gasteiger partial charge >= 0.3 is 0 Å². The van der Waals surface area contributed by atoms with Gasteiger partial charge in [0, 0.05) is 23.1 Å². The Balaban J connectivity index is 1.51. The van der Waals surface area contributed by atoms with Crippen molar-refractivity contribution in [3.63, 3.8) is 0 Å². The van der Waals surface area contributed by atoms with Crippen molar-refractivity contribution < 1.29 is 23.1 Å². The summed E-state index contributed by atoms with van der Waals surface area (Å²) < 4.78 is 29.8. The molecule has 0 spiro atoms. The fraction of sp³-hybridized carbons (Fsp3) is 0.389. The topological polar surface area (TPSA) is 60.7 Å². The molecule has 2 aromatic rings. The maximum Gasteiger partial charge on any atom is 0.225 e. The summed E-state index contributed by atoms with van der Waals surface area (Å²) in [5.41, 5.74) is 2.23. The summed E-state index contributed by atoms with van der Waals surface area (Å²) in [5, 5.41) is 3.03. The third-order valence-corrected chi connectivity index (χ3v) is 4.49. The molecule has 0 bridgehead atoms. The molecular formula is C18H18FNO4. The monoisotopic (exact) mass is 331 g/mol. The summed E-state index contributed by atoms with van der Waals surface area (Å²) in [4.78, 5) is 12.5. The SMILES string of the molecule is O=C(Cc1cc(F)cc2c1OCOC2)NC1CCCc2occc21. The average molecular weight is 331 g/mol. The van der Waals surface area contributed by atoms with E-state index in [-0.39, 0.29) is 31.0 Å². The molecule has 6 heteroatoms. The molecule has 1 unspecified atom stereocenters. The zero-order valence-electron chi connectivity index (χ0n) is 13.1. The summed E-state index contributed by atoms with van der Waals surface area (Å²) in [5.74, 6) is 0.956. The second-order valence-electron chi connectivity index (χ2n) is 6.15. The van der Waals surface area contributed by atoms with E-state index in [0.717, 1.165) is 30.6 Å². The normalized spacial score (nSPS) is 19.1. The molecule has 2 heterocycles. The number of benzene rings is 1. The molecule has 0 fully saturated rings. The summed E-state index contributed by atoms with van der Waals surface area (Å²) in [6, 6.07) is 4.60. The molecule has 1 N–H and O–H groups in total. The van der Waals surface area contributed by atoms with Crippen LogP contribution in [0.2, 0.25) is 0 Å². The van der Waals surface area contributed by atoms with Gasteiger partial charge in [-0.05, 0) is 31.0 Å². The minimum Gasteiger partial charge on any atom is -0.469 e. The highest BCUT2D eigenvalue weighted by Crippen LogP contribution is 2.32. The lowest BCUT2D eigenvalue weighted by Crippen LogP contribution is -2.32. The van der Waals surface area contributed by atoms with Gasteiger partial charge in [-0.3, -0.25) is 4.79 Å². The molecule has 1 aliphatic heterocycles. The number of fused-ring (bicyclic) bond motifs is 2. The Morgan fingerprint density at radius 2 is 2.29 bits per heavy atom. The molecule has 0 radical (unpaired) electrons. The molecule has 1 aliphatic carbocycles. The van der Waals surface area contributed by atoms with Crippen LogP contribution >= 0.6 is 0 Å². The summed E-state index contributed by atoms with van der Waals surface area (Å²) in [7, 11) is 0. The Morgan fingerprint density at radius 3 is 3.21 bits per heavy atom. The van der Waals surface area contributed by atoms with Crippen LogP contribution in [-0.2, 0) is 29.0 Å². The highest BCUT2D eigenvalue weighted by atomic mass is 19.1. The number of furan rings is 1. The van der Waals surface area contributed by atoms with E-state index in [4.69, 9.17) is 13.9 Å². The molecule has 1 aromatic carbocycles. The van der Waals surface area contributed by atoms with Crippen LogP contribution in [0.3, 0.4) is 0 Å². The maximum absolute atomic E-state index is 13.8. The van der Waals surface area contributed by atoms with E-state index in [0.29, 0.717) is 23.5 Å². The predicted octanol–water partition coefficient (Wildman–Crippen LogP) is 3.02. The molecule has 5 nitrogen and oxygen atoms in total. The smallest absolute Gasteiger partial charge is 0.225 e. The molecule has 1 aromatic heterocycles. The average Bonchev–Trinajstić information content (AvgIpc) is 3.04. The van der Waals surface area contributed by atoms with Gasteiger partial charge in [0.05, 0.1) is 25.3 Å². The molecule has 0 saturated carbocycles. The third kappa shape index (κ3) is 2.89. The van der Waals surface area contributed by atoms with Crippen LogP contribution < -0.4 is 10.1 Å². The minimum atomic E-state index is -0.388. The van der Waals surface area contributed by atoms with Crippen LogP contribution in [0.15, 0.2) is 28.9 Å². The quantitative estimate of drug-likeness (QED) is 0.939. The van der Waals surface area contributed by atoms with Crippen LogP contribution in [0.1, 0.15) is 41.3 Å². The van der Waals surface area contributed by atoms with Crippen molar-refractivity contribution in [2.45, 2.75) is 38.3 Å². The Kier molecular flexibility index (Phi) is 3.98. The highest BCUT2D eigenvalue weighted by molar-refractivity contribution is 5.80. The first-order valence-electron chi connectivity index (χ1n) is 8.08. The van der Waals surface area contributed by atoms with Crippen LogP contribution in [0, 0.1) is 5.82 Å².